The van der Waals surface area contributed by atoms with Crippen molar-refractivity contribution < 1.29 is 27.5 Å². The van der Waals surface area contributed by atoms with Crippen molar-refractivity contribution in [3.8, 4) is 5.88 Å². The number of hydrogen-bond acceptors (Lipinski definition) is 8. The Hall–Kier alpha value is -2.67. The van der Waals surface area contributed by atoms with E-state index in [0.717, 1.165) is 22.8 Å². The maximum atomic E-state index is 12.6. The van der Waals surface area contributed by atoms with Crippen molar-refractivity contribution in [1.29, 1.82) is 0 Å². The Balaban J connectivity index is 1.12. The van der Waals surface area contributed by atoms with Gasteiger partial charge in [0, 0.05) is 47.5 Å². The third kappa shape index (κ3) is 6.40. The highest BCUT2D eigenvalue weighted by Gasteiger charge is 2.33. The molecule has 39 heavy (non-hydrogen) atoms. The Labute approximate surface area is 239 Å². The van der Waals surface area contributed by atoms with Gasteiger partial charge in [0.1, 0.15) is 5.71 Å². The molecule has 1 fully saturated rings. The van der Waals surface area contributed by atoms with Crippen molar-refractivity contribution in [2.24, 2.45) is 5.16 Å². The van der Waals surface area contributed by atoms with Gasteiger partial charge < -0.3 is 14.5 Å². The molecule has 3 aromatic rings. The molecule has 2 aromatic heterocycles. The number of carbonyl (C=O) groups excluding carboxylic acids is 1. The zero-order chi connectivity index (χ0) is 27.7. The number of nitrogens with zero attached hydrogens (tertiary/aromatic N) is 5. The quantitative estimate of drug-likeness (QED) is 0.310. The minimum absolute atomic E-state index is 0.150. The topological polar surface area (TPSA) is 89.8 Å². The summed E-state index contributed by atoms with van der Waals surface area (Å²) in [6.07, 6.45) is -3.15. The molecule has 206 valence electrons. The highest BCUT2D eigenvalue weighted by atomic mass is 35.5. The molecule has 0 spiro atoms. The monoisotopic (exact) mass is 619 g/mol. The van der Waals surface area contributed by atoms with E-state index < -0.39 is 18.0 Å². The lowest BCUT2D eigenvalue weighted by atomic mass is 9.97. The van der Waals surface area contributed by atoms with Gasteiger partial charge in [-0.15, -0.1) is 21.5 Å². The number of hydrogen-bond donors (Lipinski definition) is 0. The molecule has 1 unspecified atom stereocenters. The zero-order valence-electron chi connectivity index (χ0n) is 19.9. The van der Waals surface area contributed by atoms with Crippen LogP contribution in [0.4, 0.5) is 13.2 Å². The molecule has 0 radical (unpaired) electrons. The van der Waals surface area contributed by atoms with Gasteiger partial charge in [0.2, 0.25) is 5.88 Å². The van der Waals surface area contributed by atoms with Gasteiger partial charge in [-0.05, 0) is 31.0 Å². The number of halogens is 6. The first-order chi connectivity index (χ1) is 18.6. The largest absolute Gasteiger partial charge is 0.466 e. The second-order valence-electron chi connectivity index (χ2n) is 8.89. The average molecular weight is 621 g/mol. The van der Waals surface area contributed by atoms with Crippen LogP contribution < -0.4 is 4.74 Å². The van der Waals surface area contributed by atoms with E-state index >= 15 is 0 Å². The predicted molar refractivity (Wildman–Crippen MR) is 140 cm³/mol. The van der Waals surface area contributed by atoms with Crippen molar-refractivity contribution in [2.75, 3.05) is 19.7 Å². The van der Waals surface area contributed by atoms with Gasteiger partial charge in [-0.2, -0.15) is 13.2 Å². The number of alkyl halides is 3. The van der Waals surface area contributed by atoms with Gasteiger partial charge in [0.25, 0.3) is 5.91 Å². The molecule has 1 amide bonds. The van der Waals surface area contributed by atoms with Gasteiger partial charge in [-0.3, -0.25) is 4.79 Å². The minimum Gasteiger partial charge on any atom is -0.466 e. The maximum absolute atomic E-state index is 12.6. The molecule has 2 aliphatic rings. The van der Waals surface area contributed by atoms with Crippen LogP contribution >= 0.6 is 46.1 Å². The Kier molecular flexibility index (Phi) is 8.18. The van der Waals surface area contributed by atoms with E-state index in [4.69, 9.17) is 49.4 Å². The highest BCUT2D eigenvalue weighted by molar-refractivity contribution is 7.10. The van der Waals surface area contributed by atoms with Crippen molar-refractivity contribution in [1.82, 2.24) is 20.1 Å². The number of likely N-dealkylation sites (tertiary alicyclic amines) is 1. The van der Waals surface area contributed by atoms with E-state index in [2.05, 4.69) is 15.4 Å². The summed E-state index contributed by atoms with van der Waals surface area (Å²) in [7, 11) is 0. The lowest BCUT2D eigenvalue weighted by Gasteiger charge is -2.31. The van der Waals surface area contributed by atoms with Gasteiger partial charge in [0.15, 0.2) is 18.4 Å². The second-order valence-corrected chi connectivity index (χ2v) is 11.0. The molecule has 1 saturated heterocycles. The number of benzene rings is 1. The lowest BCUT2D eigenvalue weighted by Crippen LogP contribution is -2.40. The third-order valence-electron chi connectivity index (χ3n) is 6.32. The number of amides is 1. The van der Waals surface area contributed by atoms with Crippen LogP contribution in [-0.2, 0) is 15.8 Å². The first-order valence-corrected chi connectivity index (χ1v) is 13.7. The standard InChI is InChI=1S/C24H19Cl3F3N5O3S/c25-13-7-14(26)22(15(27)8-13)18-9-16(34-38-18)17-11-39-23(31-17)12-3-5-35(6-4-12)21(36)10-37-20-2-1-19(32-33-20)24(28,29)30/h1-2,7-8,11-12,18H,3-6,9-10H2. The van der Waals surface area contributed by atoms with E-state index in [1.165, 1.54) is 11.3 Å². The summed E-state index contributed by atoms with van der Waals surface area (Å²) in [6, 6.07) is 5.01. The Bertz CT molecular complexity index is 1370. The Morgan fingerprint density at radius 2 is 1.85 bits per heavy atom. The Morgan fingerprint density at radius 1 is 1.13 bits per heavy atom. The predicted octanol–water partition coefficient (Wildman–Crippen LogP) is 6.56. The molecule has 8 nitrogen and oxygen atoms in total. The number of rotatable bonds is 6. The van der Waals surface area contributed by atoms with Crippen LogP contribution in [0.25, 0.3) is 0 Å². The molecule has 1 atom stereocenters. The van der Waals surface area contributed by atoms with Crippen molar-refractivity contribution >= 4 is 57.8 Å². The highest BCUT2D eigenvalue weighted by Crippen LogP contribution is 2.40. The lowest BCUT2D eigenvalue weighted by molar-refractivity contribution is -0.142. The smallest absolute Gasteiger partial charge is 0.435 e. The van der Waals surface area contributed by atoms with E-state index in [9.17, 15) is 18.0 Å². The normalized spacial score (nSPS) is 18.2. The van der Waals surface area contributed by atoms with Crippen LogP contribution in [0.1, 0.15) is 53.2 Å². The molecule has 0 bridgehead atoms. The van der Waals surface area contributed by atoms with E-state index in [1.54, 1.807) is 17.0 Å². The number of aromatic nitrogens is 3. The second kappa shape index (κ2) is 11.4. The minimum atomic E-state index is -4.59. The maximum Gasteiger partial charge on any atom is 0.435 e. The zero-order valence-corrected chi connectivity index (χ0v) is 23.0. The van der Waals surface area contributed by atoms with Crippen molar-refractivity contribution in [3.63, 3.8) is 0 Å². The molecular weight excluding hydrogens is 602 g/mol. The fourth-order valence-corrected chi connectivity index (χ4v) is 6.36. The number of ether oxygens (including phenoxy) is 1. The first kappa shape index (κ1) is 27.9. The van der Waals surface area contributed by atoms with Crippen LogP contribution in [0.5, 0.6) is 5.88 Å². The van der Waals surface area contributed by atoms with Gasteiger partial charge in [0.05, 0.1) is 20.7 Å². The number of thiazole rings is 1. The number of carbonyl (C=O) groups is 1. The summed E-state index contributed by atoms with van der Waals surface area (Å²) in [4.78, 5) is 24.6. The summed E-state index contributed by atoms with van der Waals surface area (Å²) >= 11 is 20.2. The van der Waals surface area contributed by atoms with Crippen LogP contribution in [0.3, 0.4) is 0 Å². The summed E-state index contributed by atoms with van der Waals surface area (Å²) < 4.78 is 43.0. The summed E-state index contributed by atoms with van der Waals surface area (Å²) in [5.74, 6) is -0.255. The molecule has 4 heterocycles. The van der Waals surface area contributed by atoms with Gasteiger partial charge in [-0.1, -0.05) is 40.0 Å². The van der Waals surface area contributed by atoms with Crippen molar-refractivity contribution in [2.45, 2.75) is 37.5 Å². The third-order valence-corrected chi connectivity index (χ3v) is 8.17. The molecule has 0 saturated carbocycles. The fraction of sp³-hybridized carbons (Fsp3) is 0.375. The molecule has 2 aliphatic heterocycles. The number of piperidine rings is 1. The number of oxime groups is 1. The Morgan fingerprint density at radius 3 is 2.49 bits per heavy atom. The van der Waals surface area contributed by atoms with E-state index in [-0.39, 0.29) is 24.3 Å². The fourth-order valence-electron chi connectivity index (χ4n) is 4.30. The van der Waals surface area contributed by atoms with Crippen LogP contribution in [0, 0.1) is 0 Å². The van der Waals surface area contributed by atoms with E-state index in [0.29, 0.717) is 58.7 Å². The first-order valence-electron chi connectivity index (χ1n) is 11.7. The van der Waals surface area contributed by atoms with Gasteiger partial charge in [-0.25, -0.2) is 4.98 Å². The SMILES string of the molecule is O=C(COc1ccc(C(F)(F)F)nn1)N1CCC(c2nc(C3=NOC(c4c(Cl)cc(Cl)cc4Cl)C3)cs2)CC1. The van der Waals surface area contributed by atoms with Crippen molar-refractivity contribution in [3.05, 3.63) is 66.7 Å². The average Bonchev–Trinajstić information content (AvgIpc) is 3.57. The molecular formula is C24H19Cl3F3N5O3S. The molecule has 1 aromatic carbocycles. The van der Waals surface area contributed by atoms with Crippen LogP contribution in [-0.4, -0.2) is 51.4 Å². The van der Waals surface area contributed by atoms with Crippen LogP contribution in [0.15, 0.2) is 34.8 Å². The van der Waals surface area contributed by atoms with Crippen LogP contribution in [0.2, 0.25) is 15.1 Å². The molecule has 0 aliphatic carbocycles. The summed E-state index contributed by atoms with van der Waals surface area (Å²) in [6.45, 7) is 0.662. The molecule has 0 N–H and O–H groups in total. The van der Waals surface area contributed by atoms with Gasteiger partial charge >= 0.3 is 6.18 Å². The molecule has 15 heteroatoms. The summed E-state index contributed by atoms with van der Waals surface area (Å²) in [5, 5.41) is 14.8. The summed E-state index contributed by atoms with van der Waals surface area (Å²) in [5.41, 5.74) is 0.920. The molecule has 5 rings (SSSR count). The van der Waals surface area contributed by atoms with E-state index in [1.807, 2.05) is 5.38 Å².